The third-order valence-electron chi connectivity index (χ3n) is 3.52. The van der Waals surface area contributed by atoms with Crippen LogP contribution in [-0.4, -0.2) is 41.2 Å². The van der Waals surface area contributed by atoms with E-state index in [9.17, 15) is 13.2 Å². The van der Waals surface area contributed by atoms with Gasteiger partial charge in [0.15, 0.2) is 0 Å². The van der Waals surface area contributed by atoms with Gasteiger partial charge in [-0.15, -0.1) is 15.7 Å². The number of allylic oxidation sites excluding steroid dienone is 1. The van der Waals surface area contributed by atoms with Gasteiger partial charge in [0, 0.05) is 19.8 Å². The van der Waals surface area contributed by atoms with Crippen LogP contribution >= 0.6 is 11.3 Å². The number of carbonyl (C=O) groups excluding carboxylic acids is 1. The summed E-state index contributed by atoms with van der Waals surface area (Å²) >= 11 is 1.35. The van der Waals surface area contributed by atoms with E-state index in [0.717, 1.165) is 17.3 Å². The molecule has 1 amide bonds. The van der Waals surface area contributed by atoms with Gasteiger partial charge in [-0.1, -0.05) is 13.0 Å². The summed E-state index contributed by atoms with van der Waals surface area (Å²) in [4.78, 5) is 13.3. The molecule has 0 saturated heterocycles. The van der Waals surface area contributed by atoms with E-state index in [-0.39, 0.29) is 11.4 Å². The van der Waals surface area contributed by atoms with Crippen molar-refractivity contribution >= 4 is 38.9 Å². The predicted molar refractivity (Wildman–Crippen MR) is 96.8 cm³/mol. The number of anilines is 1. The summed E-state index contributed by atoms with van der Waals surface area (Å²) in [5.41, 5.74) is 0.756. The summed E-state index contributed by atoms with van der Waals surface area (Å²) in [6.45, 7) is 2.76. The number of aromatic nitrogens is 2. The molecule has 0 fully saturated rings. The smallest absolute Gasteiger partial charge is 0.318 e. The maximum atomic E-state index is 12.6. The van der Waals surface area contributed by atoms with Crippen molar-refractivity contribution in [3.8, 4) is 0 Å². The van der Waals surface area contributed by atoms with Gasteiger partial charge in [-0.25, -0.2) is 4.31 Å². The van der Waals surface area contributed by atoms with E-state index in [1.165, 1.54) is 30.7 Å². The molecule has 2 aromatic heterocycles. The lowest BCUT2D eigenvalue weighted by Crippen LogP contribution is -2.35. The van der Waals surface area contributed by atoms with Crippen molar-refractivity contribution in [2.24, 2.45) is 4.40 Å². The van der Waals surface area contributed by atoms with Crippen LogP contribution in [0.4, 0.5) is 5.69 Å². The van der Waals surface area contributed by atoms with Crippen LogP contribution in [-0.2, 0) is 21.5 Å². The van der Waals surface area contributed by atoms with E-state index >= 15 is 0 Å². The number of thiophene rings is 1. The summed E-state index contributed by atoms with van der Waals surface area (Å²) in [7, 11) is -2.65. The Morgan fingerprint density at radius 2 is 2.20 bits per heavy atom. The summed E-state index contributed by atoms with van der Waals surface area (Å²) < 4.78 is 30.8. The van der Waals surface area contributed by atoms with Crippen LogP contribution in [0, 0.1) is 0 Å². The van der Waals surface area contributed by atoms with Crippen LogP contribution in [0.2, 0.25) is 0 Å². The third kappa shape index (κ3) is 3.64. The Bertz CT molecular complexity index is 942. The second-order valence-corrected chi connectivity index (χ2v) is 7.95. The summed E-state index contributed by atoms with van der Waals surface area (Å²) in [6.07, 6.45) is 5.62. The maximum absolute atomic E-state index is 12.6. The highest BCUT2D eigenvalue weighted by Crippen LogP contribution is 2.22. The fourth-order valence-electron chi connectivity index (χ4n) is 2.28. The SMILES string of the molecule is CCCn1cc(NC(=O)C2=CC(c3cccs3)=NS(=O)(=O)N2C)cn1. The normalized spacial score (nSPS) is 16.3. The molecule has 0 spiro atoms. The first-order valence-electron chi connectivity index (χ1n) is 7.59. The minimum absolute atomic E-state index is 0.00152. The number of nitrogens with one attached hydrogen (secondary N) is 1. The molecule has 3 rings (SSSR count). The minimum Gasteiger partial charge on any atom is -0.318 e. The molecule has 1 N–H and O–H groups in total. The molecule has 132 valence electrons. The van der Waals surface area contributed by atoms with Gasteiger partial charge >= 0.3 is 10.2 Å². The standard InChI is InChI=1S/C15H17N5O3S2/c1-3-6-20-10-11(9-16-20)17-15(21)13-8-12(14-5-4-7-24-14)18-25(22,23)19(13)2/h4-5,7-10H,3,6H2,1-2H3,(H,17,21). The van der Waals surface area contributed by atoms with Crippen LogP contribution in [0.15, 0.2) is 46.1 Å². The second kappa shape index (κ2) is 6.81. The van der Waals surface area contributed by atoms with Crippen LogP contribution in [0.1, 0.15) is 18.2 Å². The number of hydrogen-bond donors (Lipinski definition) is 1. The Morgan fingerprint density at radius 3 is 2.88 bits per heavy atom. The Balaban J connectivity index is 1.88. The number of aryl methyl sites for hydroxylation is 1. The number of amides is 1. The average Bonchev–Trinajstić information content (AvgIpc) is 3.22. The summed E-state index contributed by atoms with van der Waals surface area (Å²) in [5, 5.41) is 8.63. The van der Waals surface area contributed by atoms with Crippen molar-refractivity contribution in [2.75, 3.05) is 12.4 Å². The van der Waals surface area contributed by atoms with E-state index in [1.807, 2.05) is 12.3 Å². The minimum atomic E-state index is -3.95. The van der Waals surface area contributed by atoms with Crippen LogP contribution < -0.4 is 5.32 Å². The van der Waals surface area contributed by atoms with Gasteiger partial charge in [0.05, 0.1) is 22.5 Å². The topological polar surface area (TPSA) is 96.7 Å². The molecule has 0 atom stereocenters. The van der Waals surface area contributed by atoms with E-state index in [1.54, 1.807) is 23.0 Å². The predicted octanol–water partition coefficient (Wildman–Crippen LogP) is 1.86. The first-order chi connectivity index (χ1) is 11.9. The van der Waals surface area contributed by atoms with Gasteiger partial charge in [0.25, 0.3) is 5.91 Å². The highest BCUT2D eigenvalue weighted by atomic mass is 32.2. The molecule has 1 aliphatic rings. The first-order valence-corrected chi connectivity index (χ1v) is 9.86. The van der Waals surface area contributed by atoms with E-state index in [4.69, 9.17) is 0 Å². The molecular weight excluding hydrogens is 362 g/mol. The molecule has 2 aromatic rings. The number of rotatable bonds is 5. The number of carbonyl (C=O) groups is 1. The van der Waals surface area contributed by atoms with Gasteiger partial charge in [0.1, 0.15) is 5.70 Å². The Morgan fingerprint density at radius 1 is 1.40 bits per heavy atom. The molecule has 25 heavy (non-hydrogen) atoms. The zero-order valence-electron chi connectivity index (χ0n) is 13.7. The van der Waals surface area contributed by atoms with Crippen molar-refractivity contribution in [2.45, 2.75) is 19.9 Å². The zero-order valence-corrected chi connectivity index (χ0v) is 15.3. The molecule has 0 aliphatic carbocycles. The van der Waals surface area contributed by atoms with Gasteiger partial charge < -0.3 is 5.32 Å². The quantitative estimate of drug-likeness (QED) is 0.857. The molecule has 0 aromatic carbocycles. The summed E-state index contributed by atoms with van der Waals surface area (Å²) in [6, 6.07) is 3.55. The number of hydrogen-bond acceptors (Lipinski definition) is 5. The average molecular weight is 379 g/mol. The largest absolute Gasteiger partial charge is 0.345 e. The van der Waals surface area contributed by atoms with Gasteiger partial charge in [0.2, 0.25) is 0 Å². The molecule has 0 saturated carbocycles. The second-order valence-electron chi connectivity index (χ2n) is 5.37. The van der Waals surface area contributed by atoms with Gasteiger partial charge in [-0.3, -0.25) is 9.48 Å². The van der Waals surface area contributed by atoms with E-state index in [0.29, 0.717) is 10.6 Å². The molecule has 3 heterocycles. The Labute approximate surface area is 149 Å². The molecule has 0 bridgehead atoms. The van der Waals surface area contributed by atoms with Crippen molar-refractivity contribution in [1.29, 1.82) is 0 Å². The molecule has 1 aliphatic heterocycles. The Hall–Kier alpha value is -2.46. The van der Waals surface area contributed by atoms with Crippen molar-refractivity contribution in [3.63, 3.8) is 0 Å². The highest BCUT2D eigenvalue weighted by molar-refractivity contribution is 7.88. The Kier molecular flexibility index (Phi) is 4.73. The summed E-state index contributed by atoms with van der Waals surface area (Å²) in [5.74, 6) is -0.536. The maximum Gasteiger partial charge on any atom is 0.345 e. The number of likely N-dealkylation sites (N-methyl/N-ethyl adjacent to an activating group) is 1. The fraction of sp³-hybridized carbons (Fsp3) is 0.267. The molecular formula is C15H17N5O3S2. The lowest BCUT2D eigenvalue weighted by molar-refractivity contribution is -0.113. The fourth-order valence-corrected chi connectivity index (χ4v) is 3.93. The zero-order chi connectivity index (χ0) is 18.0. The van der Waals surface area contributed by atoms with Crippen molar-refractivity contribution < 1.29 is 13.2 Å². The van der Waals surface area contributed by atoms with Crippen LogP contribution in [0.3, 0.4) is 0 Å². The van der Waals surface area contributed by atoms with E-state index in [2.05, 4.69) is 14.8 Å². The molecule has 8 nitrogen and oxygen atoms in total. The molecule has 0 radical (unpaired) electrons. The monoisotopic (exact) mass is 379 g/mol. The van der Waals surface area contributed by atoms with E-state index < -0.39 is 16.1 Å². The first kappa shape index (κ1) is 17.4. The molecule has 0 unspecified atom stereocenters. The third-order valence-corrected chi connectivity index (χ3v) is 5.73. The lowest BCUT2D eigenvalue weighted by Gasteiger charge is -2.23. The van der Waals surface area contributed by atoms with Gasteiger partial charge in [-0.05, 0) is 23.9 Å². The van der Waals surface area contributed by atoms with Crippen molar-refractivity contribution in [3.05, 3.63) is 46.6 Å². The van der Waals surface area contributed by atoms with Crippen LogP contribution in [0.5, 0.6) is 0 Å². The lowest BCUT2D eigenvalue weighted by atomic mass is 10.2. The van der Waals surface area contributed by atoms with Crippen LogP contribution in [0.25, 0.3) is 0 Å². The van der Waals surface area contributed by atoms with Crippen molar-refractivity contribution in [1.82, 2.24) is 14.1 Å². The molecule has 10 heteroatoms. The highest BCUT2D eigenvalue weighted by Gasteiger charge is 2.30. The number of nitrogens with zero attached hydrogens (tertiary/aromatic N) is 4. The van der Waals surface area contributed by atoms with Gasteiger partial charge in [-0.2, -0.15) is 13.5 Å².